The molecule has 4 N–H and O–H groups in total. The highest BCUT2D eigenvalue weighted by molar-refractivity contribution is 5.67. The van der Waals surface area contributed by atoms with E-state index in [4.69, 9.17) is 9.47 Å². The zero-order valence-corrected chi connectivity index (χ0v) is 26.0. The summed E-state index contributed by atoms with van der Waals surface area (Å²) >= 11 is 0. The molecule has 1 atom stereocenters. The second-order valence-electron chi connectivity index (χ2n) is 11.2. The average molecular weight is 611 g/mol. The predicted molar refractivity (Wildman–Crippen MR) is 178 cm³/mol. The number of carbonyl (C=O) groups excluding carboxylic acids is 1. The fraction of sp³-hybridized carbons (Fsp3) is 0.342. The van der Waals surface area contributed by atoms with Crippen LogP contribution in [0.4, 0.5) is 4.79 Å². The molecule has 4 aromatic rings. The zero-order valence-electron chi connectivity index (χ0n) is 26.0. The number of alkyl carbamates (subject to hydrolysis) is 1. The van der Waals surface area contributed by atoms with Gasteiger partial charge in [-0.25, -0.2) is 4.79 Å². The number of unbranched alkanes of at least 4 members (excludes halogenated alkanes) is 2. The van der Waals surface area contributed by atoms with Gasteiger partial charge in [0.05, 0.1) is 12.7 Å². The topological polar surface area (TPSA) is 100 Å². The Morgan fingerprint density at radius 2 is 1.29 bits per heavy atom. The molecule has 0 aliphatic rings. The summed E-state index contributed by atoms with van der Waals surface area (Å²) in [5, 5.41) is 26.7. The van der Waals surface area contributed by atoms with Gasteiger partial charge in [0, 0.05) is 18.7 Å². The Bertz CT molecular complexity index is 1400. The summed E-state index contributed by atoms with van der Waals surface area (Å²) in [5.74, 6) is 0.629. The maximum atomic E-state index is 11.8. The van der Waals surface area contributed by atoms with Gasteiger partial charge in [-0.15, -0.1) is 0 Å². The maximum absolute atomic E-state index is 11.8. The fourth-order valence-electron chi connectivity index (χ4n) is 5.03. The summed E-state index contributed by atoms with van der Waals surface area (Å²) in [5.41, 5.74) is 6.10. The van der Waals surface area contributed by atoms with E-state index >= 15 is 0 Å². The van der Waals surface area contributed by atoms with Crippen LogP contribution in [0.25, 0.3) is 0 Å². The molecule has 45 heavy (non-hydrogen) atoms. The molecule has 0 radical (unpaired) electrons. The second-order valence-corrected chi connectivity index (χ2v) is 11.2. The van der Waals surface area contributed by atoms with Crippen molar-refractivity contribution in [2.24, 2.45) is 0 Å². The molecule has 1 unspecified atom stereocenters. The first-order valence-corrected chi connectivity index (χ1v) is 15.9. The summed E-state index contributed by atoms with van der Waals surface area (Å²) in [6.07, 6.45) is 4.96. The van der Waals surface area contributed by atoms with Crippen LogP contribution in [0.15, 0.2) is 103 Å². The quantitative estimate of drug-likeness (QED) is 0.0887. The van der Waals surface area contributed by atoms with Crippen molar-refractivity contribution < 1.29 is 24.5 Å². The number of hydrogen-bond donors (Lipinski definition) is 4. The second kappa shape index (κ2) is 19.3. The first-order chi connectivity index (χ1) is 22.1. The molecule has 7 nitrogen and oxygen atoms in total. The van der Waals surface area contributed by atoms with Crippen molar-refractivity contribution in [1.82, 2.24) is 10.6 Å². The number of aliphatic hydroxyl groups is 2. The molecule has 0 bridgehead atoms. The van der Waals surface area contributed by atoms with Gasteiger partial charge in [0.2, 0.25) is 0 Å². The van der Waals surface area contributed by atoms with E-state index in [-0.39, 0.29) is 19.3 Å². The third-order valence-electron chi connectivity index (χ3n) is 7.68. The molecular weight excluding hydrogens is 564 g/mol. The Balaban J connectivity index is 1.04. The molecule has 0 aliphatic heterocycles. The minimum absolute atomic E-state index is 0.148. The van der Waals surface area contributed by atoms with E-state index in [9.17, 15) is 15.0 Å². The molecular formula is C38H46N2O5. The largest absolute Gasteiger partial charge is 0.489 e. The van der Waals surface area contributed by atoms with E-state index in [0.717, 1.165) is 61.8 Å². The first-order valence-electron chi connectivity index (χ1n) is 15.9. The Morgan fingerprint density at radius 3 is 1.91 bits per heavy atom. The molecule has 0 saturated heterocycles. The number of benzene rings is 4. The van der Waals surface area contributed by atoms with E-state index in [1.54, 1.807) is 0 Å². The van der Waals surface area contributed by atoms with Crippen molar-refractivity contribution in [3.05, 3.63) is 137 Å². The maximum Gasteiger partial charge on any atom is 0.407 e. The average Bonchev–Trinajstić information content (AvgIpc) is 3.09. The van der Waals surface area contributed by atoms with Crippen LogP contribution in [0.3, 0.4) is 0 Å². The van der Waals surface area contributed by atoms with Crippen molar-refractivity contribution >= 4 is 6.09 Å². The Kier molecular flexibility index (Phi) is 14.4. The van der Waals surface area contributed by atoms with Crippen molar-refractivity contribution in [2.45, 2.75) is 64.4 Å². The van der Waals surface area contributed by atoms with Crippen LogP contribution < -0.4 is 15.4 Å². The monoisotopic (exact) mass is 610 g/mol. The molecule has 4 aromatic carbocycles. The number of hydrogen-bond acceptors (Lipinski definition) is 6. The van der Waals surface area contributed by atoms with E-state index in [2.05, 4.69) is 34.9 Å². The molecule has 1 amide bonds. The smallest absolute Gasteiger partial charge is 0.407 e. The zero-order chi connectivity index (χ0) is 31.5. The van der Waals surface area contributed by atoms with Gasteiger partial charge in [-0.3, -0.25) is 0 Å². The predicted octanol–water partition coefficient (Wildman–Crippen LogP) is 6.65. The number of carbonyl (C=O) groups is 1. The fourth-order valence-corrected chi connectivity index (χ4v) is 5.03. The number of ether oxygens (including phenoxy) is 2. The van der Waals surface area contributed by atoms with Crippen LogP contribution in [0, 0.1) is 0 Å². The van der Waals surface area contributed by atoms with Gasteiger partial charge < -0.3 is 30.3 Å². The van der Waals surface area contributed by atoms with Crippen molar-refractivity contribution in [3.8, 4) is 5.75 Å². The minimum atomic E-state index is -0.657. The minimum Gasteiger partial charge on any atom is -0.489 e. The summed E-state index contributed by atoms with van der Waals surface area (Å²) < 4.78 is 11.1. The molecule has 0 spiro atoms. The Hall–Kier alpha value is -4.17. The van der Waals surface area contributed by atoms with E-state index < -0.39 is 6.10 Å². The normalized spacial score (nSPS) is 11.6. The first kappa shape index (κ1) is 33.7. The molecule has 0 heterocycles. The van der Waals surface area contributed by atoms with Crippen LogP contribution in [-0.4, -0.2) is 35.9 Å². The molecule has 0 aliphatic carbocycles. The molecule has 0 aromatic heterocycles. The van der Waals surface area contributed by atoms with E-state index in [0.29, 0.717) is 31.0 Å². The lowest BCUT2D eigenvalue weighted by atomic mass is 10.0. The van der Waals surface area contributed by atoms with Gasteiger partial charge in [0.25, 0.3) is 0 Å². The number of rotatable bonds is 19. The lowest BCUT2D eigenvalue weighted by Gasteiger charge is -2.16. The standard InChI is InChI=1S/C38H46N2O5/c41-27-35-25-34(21-22-37(35)44-28-32-13-3-1-4-14-32)36(42)26-39-23-9-7-11-30-17-19-31(20-18-30)12-8-10-24-40-38(43)45-29-33-15-5-2-6-16-33/h1-6,13-22,25,36,39,41-42H,7-12,23-24,26-29H2,(H,40,43). The number of nitrogens with one attached hydrogen (secondary N) is 2. The Morgan fingerprint density at radius 1 is 0.689 bits per heavy atom. The molecule has 4 rings (SSSR count). The van der Waals surface area contributed by atoms with Gasteiger partial charge in [0.15, 0.2) is 0 Å². The van der Waals surface area contributed by atoms with Gasteiger partial charge in [-0.05, 0) is 85.0 Å². The molecule has 0 fully saturated rings. The van der Waals surface area contributed by atoms with E-state index in [1.807, 2.05) is 78.9 Å². The number of aliphatic hydroxyl groups excluding tert-OH is 2. The van der Waals surface area contributed by atoms with Crippen LogP contribution in [0.2, 0.25) is 0 Å². The van der Waals surface area contributed by atoms with Gasteiger partial charge in [-0.1, -0.05) is 91.0 Å². The highest BCUT2D eigenvalue weighted by Crippen LogP contribution is 2.24. The summed E-state index contributed by atoms with van der Waals surface area (Å²) in [6, 6.07) is 33.9. The van der Waals surface area contributed by atoms with Crippen LogP contribution in [0.1, 0.15) is 65.2 Å². The number of aryl methyl sites for hydroxylation is 2. The Labute approximate surface area is 267 Å². The SMILES string of the molecule is O=C(NCCCCc1ccc(CCCCNCC(O)c2ccc(OCc3ccccc3)c(CO)c2)cc1)OCc1ccccc1. The molecule has 7 heteroatoms. The van der Waals surface area contributed by atoms with Crippen LogP contribution >= 0.6 is 0 Å². The van der Waals surface area contributed by atoms with Crippen molar-refractivity contribution in [2.75, 3.05) is 19.6 Å². The summed E-state index contributed by atoms with van der Waals surface area (Å²) in [4.78, 5) is 11.8. The molecule has 238 valence electrons. The third kappa shape index (κ3) is 12.4. The van der Waals surface area contributed by atoms with Crippen LogP contribution in [-0.2, 0) is 37.4 Å². The van der Waals surface area contributed by atoms with Gasteiger partial charge in [-0.2, -0.15) is 0 Å². The van der Waals surface area contributed by atoms with E-state index in [1.165, 1.54) is 11.1 Å². The highest BCUT2D eigenvalue weighted by Gasteiger charge is 2.11. The van der Waals surface area contributed by atoms with Crippen LogP contribution in [0.5, 0.6) is 5.75 Å². The summed E-state index contributed by atoms with van der Waals surface area (Å²) in [7, 11) is 0. The van der Waals surface area contributed by atoms with Crippen molar-refractivity contribution in [1.29, 1.82) is 0 Å². The van der Waals surface area contributed by atoms with Gasteiger partial charge >= 0.3 is 6.09 Å². The van der Waals surface area contributed by atoms with Crippen molar-refractivity contribution in [3.63, 3.8) is 0 Å². The lowest BCUT2D eigenvalue weighted by molar-refractivity contribution is 0.139. The van der Waals surface area contributed by atoms with Gasteiger partial charge in [0.1, 0.15) is 19.0 Å². The third-order valence-corrected chi connectivity index (χ3v) is 7.68. The summed E-state index contributed by atoms with van der Waals surface area (Å²) in [6.45, 7) is 2.45. The highest BCUT2D eigenvalue weighted by atomic mass is 16.5. The number of amides is 1. The molecule has 0 saturated carbocycles. The lowest BCUT2D eigenvalue weighted by Crippen LogP contribution is -2.25.